The molecule has 27 heavy (non-hydrogen) atoms. The smallest absolute Gasteiger partial charge is 0.230 e. The number of likely N-dealkylation sites (tertiary alicyclic amines) is 1. The van der Waals surface area contributed by atoms with Gasteiger partial charge >= 0.3 is 0 Å². The van der Waals surface area contributed by atoms with Crippen LogP contribution in [0.3, 0.4) is 0 Å². The molecule has 4 rings (SSSR count). The number of fused-ring (bicyclic) bond motifs is 1. The summed E-state index contributed by atoms with van der Waals surface area (Å²) in [5, 5.41) is 10.8. The summed E-state index contributed by atoms with van der Waals surface area (Å²) < 4.78 is 0. The van der Waals surface area contributed by atoms with Gasteiger partial charge in [0.15, 0.2) is 0 Å². The predicted octanol–water partition coefficient (Wildman–Crippen LogP) is 3.92. The molecule has 1 aromatic rings. The molecule has 1 saturated carbocycles. The molecule has 1 aliphatic carbocycles. The molecule has 0 bridgehead atoms. The van der Waals surface area contributed by atoms with Crippen LogP contribution in [0.4, 0.5) is 5.69 Å². The van der Waals surface area contributed by atoms with E-state index in [1.165, 1.54) is 31.2 Å². The topological polar surface area (TPSA) is 43.8 Å². The number of hydrogen-bond acceptors (Lipinski definition) is 3. The molecule has 1 saturated heterocycles. The third kappa shape index (κ3) is 4.22. The minimum atomic E-state index is -0.440. The van der Waals surface area contributed by atoms with Gasteiger partial charge in [-0.25, -0.2) is 0 Å². The molecule has 4 heteroatoms. The Kier molecular flexibility index (Phi) is 5.84. The second-order valence-corrected chi connectivity index (χ2v) is 8.96. The van der Waals surface area contributed by atoms with E-state index in [0.717, 1.165) is 69.0 Å². The highest BCUT2D eigenvalue weighted by atomic mass is 16.3. The van der Waals surface area contributed by atoms with Gasteiger partial charge in [0.2, 0.25) is 5.91 Å². The number of aryl methyl sites for hydroxylation is 1. The maximum atomic E-state index is 12.9. The van der Waals surface area contributed by atoms with E-state index in [4.69, 9.17) is 0 Å². The zero-order valence-corrected chi connectivity index (χ0v) is 16.7. The van der Waals surface area contributed by atoms with Crippen LogP contribution in [0.5, 0.6) is 0 Å². The predicted molar refractivity (Wildman–Crippen MR) is 109 cm³/mol. The summed E-state index contributed by atoms with van der Waals surface area (Å²) in [7, 11) is 0. The Morgan fingerprint density at radius 3 is 2.59 bits per heavy atom. The summed E-state index contributed by atoms with van der Waals surface area (Å²) in [5.41, 5.74) is 3.32. The van der Waals surface area contributed by atoms with E-state index in [2.05, 4.69) is 24.0 Å². The van der Waals surface area contributed by atoms with E-state index >= 15 is 0 Å². The number of hydrogen-bond donors (Lipinski definition) is 1. The van der Waals surface area contributed by atoms with Crippen molar-refractivity contribution in [2.45, 2.75) is 64.4 Å². The van der Waals surface area contributed by atoms with Crippen LogP contribution in [0, 0.1) is 11.8 Å². The molecule has 0 spiro atoms. The lowest BCUT2D eigenvalue weighted by Crippen LogP contribution is -2.39. The first kappa shape index (κ1) is 18.9. The lowest BCUT2D eigenvalue weighted by atomic mass is 9.95. The number of β-amino-alcohol motifs (C(OH)–C–C–N with tert-alkyl or cyclic N) is 1. The Balaban J connectivity index is 1.45. The number of aliphatic hydroxyl groups is 1. The summed E-state index contributed by atoms with van der Waals surface area (Å²) in [6.07, 6.45) is 8.54. The van der Waals surface area contributed by atoms with E-state index in [1.54, 1.807) is 0 Å². The van der Waals surface area contributed by atoms with Crippen molar-refractivity contribution in [2.24, 2.45) is 11.8 Å². The van der Waals surface area contributed by atoms with Gasteiger partial charge < -0.3 is 14.9 Å². The van der Waals surface area contributed by atoms with E-state index < -0.39 is 6.10 Å². The van der Waals surface area contributed by atoms with Crippen LogP contribution in [0.2, 0.25) is 0 Å². The molecule has 1 unspecified atom stereocenters. The number of rotatable bonds is 4. The number of anilines is 1. The van der Waals surface area contributed by atoms with Crippen LogP contribution in [-0.4, -0.2) is 42.1 Å². The molecule has 1 N–H and O–H groups in total. The lowest BCUT2D eigenvalue weighted by molar-refractivity contribution is -0.122. The lowest BCUT2D eigenvalue weighted by Gasteiger charge is -2.33. The van der Waals surface area contributed by atoms with Crippen molar-refractivity contribution < 1.29 is 9.90 Å². The molecule has 148 valence electrons. The fourth-order valence-electron chi connectivity index (χ4n) is 5.04. The van der Waals surface area contributed by atoms with Gasteiger partial charge in [0, 0.05) is 24.7 Å². The first-order chi connectivity index (χ1) is 13.1. The minimum absolute atomic E-state index is 0.225. The number of aliphatic hydroxyl groups excluding tert-OH is 1. The summed E-state index contributed by atoms with van der Waals surface area (Å²) in [5.74, 6) is 1.36. The fraction of sp³-hybridized carbons (Fsp3) is 0.696. The van der Waals surface area contributed by atoms with Gasteiger partial charge in [-0.15, -0.1) is 0 Å². The van der Waals surface area contributed by atoms with Crippen LogP contribution in [0.25, 0.3) is 0 Å². The molecular formula is C23H34N2O2. The summed E-state index contributed by atoms with van der Waals surface area (Å²) in [6.45, 7) is 6.06. The number of benzene rings is 1. The number of nitrogens with zero attached hydrogens (tertiary/aromatic N) is 2. The zero-order valence-electron chi connectivity index (χ0n) is 16.7. The Bertz CT molecular complexity index is 660. The quantitative estimate of drug-likeness (QED) is 0.874. The highest BCUT2D eigenvalue weighted by Gasteiger charge is 2.31. The van der Waals surface area contributed by atoms with E-state index in [0.29, 0.717) is 5.91 Å². The van der Waals surface area contributed by atoms with Gasteiger partial charge in [-0.1, -0.05) is 31.9 Å². The summed E-state index contributed by atoms with van der Waals surface area (Å²) >= 11 is 0. The Labute approximate surface area is 163 Å². The molecular weight excluding hydrogens is 336 g/mol. The number of amides is 1. The molecule has 0 radical (unpaired) electrons. The standard InChI is InChI=1S/C23H34N2O2/c1-17-10-13-24(14-11-17)16-22(26)20-8-9-21-19(15-20)7-4-12-25(21)23(27)18-5-2-3-6-18/h8-9,15,17-18,22,26H,2-7,10-14,16H2,1H3. The number of carbonyl (C=O) groups excluding carboxylic acids is 1. The van der Waals surface area contributed by atoms with Gasteiger partial charge in [-0.2, -0.15) is 0 Å². The summed E-state index contributed by atoms with van der Waals surface area (Å²) in [6, 6.07) is 6.27. The molecule has 1 amide bonds. The van der Waals surface area contributed by atoms with Crippen molar-refractivity contribution >= 4 is 11.6 Å². The van der Waals surface area contributed by atoms with Crippen molar-refractivity contribution in [1.29, 1.82) is 0 Å². The zero-order chi connectivity index (χ0) is 18.8. The monoisotopic (exact) mass is 370 g/mol. The van der Waals surface area contributed by atoms with Crippen LogP contribution in [0.1, 0.15) is 69.1 Å². The second kappa shape index (κ2) is 8.32. The van der Waals surface area contributed by atoms with Gasteiger partial charge in [-0.05, 0) is 74.7 Å². The van der Waals surface area contributed by atoms with Crippen molar-refractivity contribution in [2.75, 3.05) is 31.1 Å². The molecule has 0 aromatic heterocycles. The fourth-order valence-corrected chi connectivity index (χ4v) is 5.04. The highest BCUT2D eigenvalue weighted by molar-refractivity contribution is 5.96. The highest BCUT2D eigenvalue weighted by Crippen LogP contribution is 2.34. The summed E-state index contributed by atoms with van der Waals surface area (Å²) in [4.78, 5) is 17.4. The first-order valence-corrected chi connectivity index (χ1v) is 11.0. The SMILES string of the molecule is CC1CCN(CC(O)c2ccc3c(c2)CCCN3C(=O)C2CCCC2)CC1. The third-order valence-electron chi connectivity index (χ3n) is 6.88. The largest absolute Gasteiger partial charge is 0.387 e. The van der Waals surface area contributed by atoms with Gasteiger partial charge in [0.05, 0.1) is 6.10 Å². The van der Waals surface area contributed by atoms with Crippen molar-refractivity contribution in [1.82, 2.24) is 4.90 Å². The molecule has 1 aromatic carbocycles. The number of piperidine rings is 1. The van der Waals surface area contributed by atoms with Gasteiger partial charge in [-0.3, -0.25) is 4.79 Å². The molecule has 2 heterocycles. The second-order valence-electron chi connectivity index (χ2n) is 8.96. The van der Waals surface area contributed by atoms with Crippen LogP contribution in [-0.2, 0) is 11.2 Å². The molecule has 2 aliphatic heterocycles. The van der Waals surface area contributed by atoms with Gasteiger partial charge in [0.25, 0.3) is 0 Å². The van der Waals surface area contributed by atoms with Crippen LogP contribution in [0.15, 0.2) is 18.2 Å². The molecule has 4 nitrogen and oxygen atoms in total. The third-order valence-corrected chi connectivity index (χ3v) is 6.88. The average molecular weight is 371 g/mol. The Morgan fingerprint density at radius 2 is 1.85 bits per heavy atom. The number of carbonyl (C=O) groups is 1. The Morgan fingerprint density at radius 1 is 1.11 bits per heavy atom. The van der Waals surface area contributed by atoms with Crippen molar-refractivity contribution in [3.63, 3.8) is 0 Å². The minimum Gasteiger partial charge on any atom is -0.387 e. The van der Waals surface area contributed by atoms with Crippen LogP contribution < -0.4 is 4.90 Å². The van der Waals surface area contributed by atoms with Crippen molar-refractivity contribution in [3.05, 3.63) is 29.3 Å². The van der Waals surface area contributed by atoms with E-state index in [-0.39, 0.29) is 5.92 Å². The average Bonchev–Trinajstić information content (AvgIpc) is 3.23. The maximum Gasteiger partial charge on any atom is 0.230 e. The van der Waals surface area contributed by atoms with Crippen LogP contribution >= 0.6 is 0 Å². The Hall–Kier alpha value is -1.39. The molecule has 1 atom stereocenters. The van der Waals surface area contributed by atoms with E-state index in [1.807, 2.05) is 11.0 Å². The molecule has 2 fully saturated rings. The van der Waals surface area contributed by atoms with Gasteiger partial charge in [0.1, 0.15) is 0 Å². The normalized spacial score (nSPS) is 23.4. The first-order valence-electron chi connectivity index (χ1n) is 11.0. The maximum absolute atomic E-state index is 12.9. The van der Waals surface area contributed by atoms with Crippen molar-refractivity contribution in [3.8, 4) is 0 Å². The molecule has 3 aliphatic rings. The van der Waals surface area contributed by atoms with E-state index in [9.17, 15) is 9.90 Å².